The first-order chi connectivity index (χ1) is 12.5. The minimum atomic E-state index is -0.499. The molecule has 0 saturated carbocycles. The van der Waals surface area contributed by atoms with Crippen LogP contribution >= 0.6 is 27.3 Å². The molecule has 7 heteroatoms. The number of likely N-dealkylation sites (tertiary alicyclic amines) is 1. The normalized spacial score (nSPS) is 16.7. The Balaban J connectivity index is 1.46. The van der Waals surface area contributed by atoms with E-state index in [1.807, 2.05) is 30.3 Å². The Morgan fingerprint density at radius 2 is 1.96 bits per heavy atom. The second kappa shape index (κ2) is 8.60. The predicted molar refractivity (Wildman–Crippen MR) is 102 cm³/mol. The van der Waals surface area contributed by atoms with Crippen molar-refractivity contribution < 1.29 is 19.1 Å². The highest BCUT2D eigenvalue weighted by atomic mass is 79.9. The minimum Gasteiger partial charge on any atom is -0.457 e. The maximum Gasteiger partial charge on any atom is 0.311 e. The Morgan fingerprint density at radius 3 is 2.65 bits per heavy atom. The Hall–Kier alpha value is -1.99. The van der Waals surface area contributed by atoms with Crippen LogP contribution in [0.15, 0.2) is 46.3 Å². The van der Waals surface area contributed by atoms with Gasteiger partial charge in [-0.1, -0.05) is 30.3 Å². The zero-order valence-corrected chi connectivity index (χ0v) is 16.4. The molecular formula is C19H18BrNO4S. The molecule has 0 bridgehead atoms. The second-order valence-electron chi connectivity index (χ2n) is 6.11. The lowest BCUT2D eigenvalue weighted by molar-refractivity contribution is -0.147. The number of amides is 1. The molecule has 1 aliphatic rings. The average molecular weight is 436 g/mol. The van der Waals surface area contributed by atoms with Gasteiger partial charge in [0.05, 0.1) is 14.6 Å². The number of halogens is 1. The summed E-state index contributed by atoms with van der Waals surface area (Å²) < 4.78 is 5.98. The molecule has 136 valence electrons. The van der Waals surface area contributed by atoms with Crippen LogP contribution in [0.4, 0.5) is 0 Å². The number of ether oxygens (including phenoxy) is 1. The molecule has 1 saturated heterocycles. The number of esters is 1. The van der Waals surface area contributed by atoms with E-state index in [0.717, 1.165) is 15.8 Å². The van der Waals surface area contributed by atoms with E-state index in [2.05, 4.69) is 15.9 Å². The van der Waals surface area contributed by atoms with E-state index in [4.69, 9.17) is 4.74 Å². The van der Waals surface area contributed by atoms with Gasteiger partial charge in [-0.25, -0.2) is 0 Å². The van der Waals surface area contributed by atoms with Crippen molar-refractivity contribution in [3.63, 3.8) is 0 Å². The molecule has 1 aromatic carbocycles. The van der Waals surface area contributed by atoms with Gasteiger partial charge in [0, 0.05) is 19.5 Å². The van der Waals surface area contributed by atoms with Crippen LogP contribution in [-0.4, -0.2) is 42.3 Å². The number of ketones is 1. The molecule has 2 heterocycles. The van der Waals surface area contributed by atoms with Crippen molar-refractivity contribution in [3.05, 3.63) is 56.7 Å². The summed E-state index contributed by atoms with van der Waals surface area (Å²) in [4.78, 5) is 38.5. The third-order valence-corrected chi connectivity index (χ3v) is 5.92. The number of carbonyl (C=O) groups excluding carboxylic acids is 3. The van der Waals surface area contributed by atoms with Gasteiger partial charge in [-0.2, -0.15) is 0 Å². The fourth-order valence-corrected chi connectivity index (χ4v) is 4.16. The largest absolute Gasteiger partial charge is 0.457 e. The van der Waals surface area contributed by atoms with Crippen molar-refractivity contribution in [2.24, 2.45) is 5.92 Å². The molecule has 0 aliphatic carbocycles. The zero-order chi connectivity index (χ0) is 18.5. The van der Waals surface area contributed by atoms with E-state index >= 15 is 0 Å². The minimum absolute atomic E-state index is 0.0450. The quantitative estimate of drug-likeness (QED) is 0.494. The number of thiophene rings is 1. The molecule has 1 atom stereocenters. The van der Waals surface area contributed by atoms with E-state index in [1.54, 1.807) is 17.0 Å². The van der Waals surface area contributed by atoms with Crippen molar-refractivity contribution >= 4 is 44.9 Å². The summed E-state index contributed by atoms with van der Waals surface area (Å²) in [5, 5.41) is 0. The van der Waals surface area contributed by atoms with Crippen molar-refractivity contribution in [3.8, 4) is 0 Å². The molecule has 1 amide bonds. The first-order valence-electron chi connectivity index (χ1n) is 8.30. The van der Waals surface area contributed by atoms with Crippen molar-refractivity contribution in [1.29, 1.82) is 0 Å². The number of Topliss-reactive ketones (excluding diaryl/α,β-unsaturated/α-hetero) is 1. The van der Waals surface area contributed by atoms with Crippen LogP contribution in [0.1, 0.15) is 21.7 Å². The van der Waals surface area contributed by atoms with Crippen LogP contribution in [0.5, 0.6) is 0 Å². The number of hydrogen-bond donors (Lipinski definition) is 0. The fraction of sp³-hybridized carbons (Fsp3) is 0.316. The van der Waals surface area contributed by atoms with Crippen LogP contribution in [0.3, 0.4) is 0 Å². The van der Waals surface area contributed by atoms with Gasteiger partial charge < -0.3 is 9.64 Å². The first-order valence-corrected chi connectivity index (χ1v) is 9.91. The molecule has 1 aromatic heterocycles. The van der Waals surface area contributed by atoms with E-state index in [0.29, 0.717) is 18.0 Å². The molecule has 3 rings (SSSR count). The maximum absolute atomic E-state index is 12.2. The highest BCUT2D eigenvalue weighted by molar-refractivity contribution is 9.11. The van der Waals surface area contributed by atoms with Crippen LogP contribution in [0.2, 0.25) is 0 Å². The van der Waals surface area contributed by atoms with Gasteiger partial charge in [0.1, 0.15) is 0 Å². The summed E-state index contributed by atoms with van der Waals surface area (Å²) in [6.07, 6.45) is 0.895. The Bertz CT molecular complexity index is 805. The highest BCUT2D eigenvalue weighted by Gasteiger charge is 2.35. The lowest BCUT2D eigenvalue weighted by Crippen LogP contribution is -2.29. The summed E-state index contributed by atoms with van der Waals surface area (Å²) in [5.41, 5.74) is 1.15. The maximum atomic E-state index is 12.2. The van der Waals surface area contributed by atoms with E-state index in [-0.39, 0.29) is 24.7 Å². The summed E-state index contributed by atoms with van der Waals surface area (Å²) in [5.74, 6) is -1.26. The first kappa shape index (κ1) is 18.8. The van der Waals surface area contributed by atoms with Crippen LogP contribution in [0.25, 0.3) is 0 Å². The van der Waals surface area contributed by atoms with Crippen molar-refractivity contribution in [2.45, 2.75) is 12.8 Å². The van der Waals surface area contributed by atoms with Crippen molar-refractivity contribution in [1.82, 2.24) is 4.90 Å². The molecule has 26 heavy (non-hydrogen) atoms. The van der Waals surface area contributed by atoms with Crippen LogP contribution in [-0.2, 0) is 20.7 Å². The second-order valence-corrected chi connectivity index (χ2v) is 8.57. The third kappa shape index (κ3) is 4.80. The van der Waals surface area contributed by atoms with E-state index < -0.39 is 11.9 Å². The molecule has 0 N–H and O–H groups in total. The van der Waals surface area contributed by atoms with Gasteiger partial charge in [0.15, 0.2) is 6.61 Å². The third-order valence-electron chi connectivity index (χ3n) is 4.25. The molecule has 0 spiro atoms. The predicted octanol–water partition coefficient (Wildman–Crippen LogP) is 3.33. The topological polar surface area (TPSA) is 63.7 Å². The van der Waals surface area contributed by atoms with Crippen LogP contribution < -0.4 is 0 Å². The number of hydrogen-bond acceptors (Lipinski definition) is 5. The number of rotatable bonds is 7. The number of nitrogens with zero attached hydrogens (tertiary/aromatic N) is 1. The summed E-state index contributed by atoms with van der Waals surface area (Å²) in [7, 11) is 0. The Labute approximate surface area is 164 Å². The van der Waals surface area contributed by atoms with Crippen LogP contribution in [0, 0.1) is 5.92 Å². The fourth-order valence-electron chi connectivity index (χ4n) is 2.84. The molecule has 1 unspecified atom stereocenters. The van der Waals surface area contributed by atoms with Gasteiger partial charge >= 0.3 is 5.97 Å². The van der Waals surface area contributed by atoms with E-state index in [1.165, 1.54) is 11.3 Å². The Morgan fingerprint density at radius 1 is 1.19 bits per heavy atom. The van der Waals surface area contributed by atoms with Crippen molar-refractivity contribution in [2.75, 3.05) is 19.7 Å². The molecule has 0 radical (unpaired) electrons. The summed E-state index contributed by atoms with van der Waals surface area (Å²) in [6.45, 7) is 0.637. The molecule has 5 nitrogen and oxygen atoms in total. The van der Waals surface area contributed by atoms with Gasteiger partial charge in [0.2, 0.25) is 11.7 Å². The zero-order valence-electron chi connectivity index (χ0n) is 14.0. The lowest BCUT2D eigenvalue weighted by Gasteiger charge is -2.16. The standard InChI is InChI=1S/C19H18BrNO4S/c20-17-7-6-16(26-17)15(22)12-25-19(24)14-10-18(23)21(11-14)9-8-13-4-2-1-3-5-13/h1-7,14H,8-12H2. The SMILES string of the molecule is O=C(COC(=O)C1CC(=O)N(CCc2ccccc2)C1)c1ccc(Br)s1. The molecular weight excluding hydrogens is 418 g/mol. The number of carbonyl (C=O) groups is 3. The lowest BCUT2D eigenvalue weighted by atomic mass is 10.1. The van der Waals surface area contributed by atoms with Gasteiger partial charge in [-0.05, 0) is 40.0 Å². The van der Waals surface area contributed by atoms with Gasteiger partial charge in [-0.15, -0.1) is 11.3 Å². The van der Waals surface area contributed by atoms with Gasteiger partial charge in [0.25, 0.3) is 0 Å². The highest BCUT2D eigenvalue weighted by Crippen LogP contribution is 2.23. The molecule has 2 aromatic rings. The van der Waals surface area contributed by atoms with Gasteiger partial charge in [-0.3, -0.25) is 14.4 Å². The molecule has 1 fully saturated rings. The average Bonchev–Trinajstić information content (AvgIpc) is 3.24. The van der Waals surface area contributed by atoms with E-state index in [9.17, 15) is 14.4 Å². The Kier molecular flexibility index (Phi) is 6.21. The summed E-state index contributed by atoms with van der Waals surface area (Å²) >= 11 is 4.59. The number of benzene rings is 1. The molecule has 1 aliphatic heterocycles. The monoisotopic (exact) mass is 435 g/mol. The smallest absolute Gasteiger partial charge is 0.311 e. The summed E-state index contributed by atoms with van der Waals surface area (Å²) in [6, 6.07) is 13.4.